The highest BCUT2D eigenvalue weighted by atomic mass is 16.5. The third-order valence-corrected chi connectivity index (χ3v) is 4.75. The molecule has 3 aromatic rings. The maximum absolute atomic E-state index is 12.5. The van der Waals surface area contributed by atoms with Crippen molar-refractivity contribution in [3.05, 3.63) is 95.1 Å². The van der Waals surface area contributed by atoms with Crippen molar-refractivity contribution < 1.29 is 19.1 Å². The van der Waals surface area contributed by atoms with E-state index in [1.165, 1.54) is 0 Å². The fourth-order valence-electron chi connectivity index (χ4n) is 2.97. The van der Waals surface area contributed by atoms with Crippen molar-refractivity contribution in [2.75, 3.05) is 17.2 Å². The van der Waals surface area contributed by atoms with Crippen molar-refractivity contribution in [2.24, 2.45) is 0 Å². The molecule has 0 aromatic heterocycles. The minimum absolute atomic E-state index is 0.183. The van der Waals surface area contributed by atoms with Crippen molar-refractivity contribution in [2.45, 2.75) is 20.3 Å². The molecule has 0 radical (unpaired) electrons. The zero-order valence-corrected chi connectivity index (χ0v) is 17.5. The number of nitrogens with one attached hydrogen (secondary N) is 2. The van der Waals surface area contributed by atoms with E-state index >= 15 is 0 Å². The van der Waals surface area contributed by atoms with Crippen LogP contribution in [0.2, 0.25) is 0 Å². The Hall–Kier alpha value is -3.93. The van der Waals surface area contributed by atoms with Crippen LogP contribution < -0.4 is 10.6 Å². The van der Waals surface area contributed by atoms with Crippen molar-refractivity contribution in [3.8, 4) is 0 Å². The van der Waals surface area contributed by atoms with Crippen LogP contribution in [0.3, 0.4) is 0 Å². The summed E-state index contributed by atoms with van der Waals surface area (Å²) in [6.45, 7) is 3.50. The number of hydrogen-bond acceptors (Lipinski definition) is 4. The van der Waals surface area contributed by atoms with Gasteiger partial charge in [0.15, 0.2) is 6.61 Å². The number of hydrogen-bond donors (Lipinski definition) is 2. The number of carbonyl (C=O) groups is 3. The summed E-state index contributed by atoms with van der Waals surface area (Å²) < 4.78 is 5.15. The van der Waals surface area contributed by atoms with Gasteiger partial charge in [-0.1, -0.05) is 48.5 Å². The maximum atomic E-state index is 12.5. The number of carbonyl (C=O) groups excluding carboxylic acids is 3. The molecule has 0 saturated carbocycles. The van der Waals surface area contributed by atoms with Gasteiger partial charge >= 0.3 is 5.97 Å². The van der Waals surface area contributed by atoms with Gasteiger partial charge in [-0.25, -0.2) is 4.79 Å². The monoisotopic (exact) mass is 416 g/mol. The number of benzene rings is 3. The number of esters is 1. The van der Waals surface area contributed by atoms with E-state index in [2.05, 4.69) is 10.6 Å². The highest BCUT2D eigenvalue weighted by Crippen LogP contribution is 2.17. The number of aryl methyl sites for hydroxylation is 2. The lowest BCUT2D eigenvalue weighted by atomic mass is 10.1. The summed E-state index contributed by atoms with van der Waals surface area (Å²) in [7, 11) is 0. The lowest BCUT2D eigenvalue weighted by Crippen LogP contribution is -2.22. The van der Waals surface area contributed by atoms with Gasteiger partial charge < -0.3 is 15.4 Å². The van der Waals surface area contributed by atoms with Gasteiger partial charge in [0.05, 0.1) is 17.7 Å². The van der Waals surface area contributed by atoms with Crippen LogP contribution >= 0.6 is 0 Å². The third-order valence-electron chi connectivity index (χ3n) is 4.75. The predicted octanol–water partition coefficient (Wildman–Crippen LogP) is 4.28. The molecule has 0 aliphatic carbocycles. The molecule has 0 aliphatic rings. The molecule has 2 amide bonds. The third kappa shape index (κ3) is 6.27. The number of rotatable bonds is 7. The Morgan fingerprint density at radius 2 is 1.48 bits per heavy atom. The second kappa shape index (κ2) is 10.2. The first-order valence-electron chi connectivity index (χ1n) is 9.89. The van der Waals surface area contributed by atoms with Gasteiger partial charge in [-0.05, 0) is 54.8 Å². The van der Waals surface area contributed by atoms with Crippen LogP contribution in [0.1, 0.15) is 27.0 Å². The summed E-state index contributed by atoms with van der Waals surface area (Å²) in [5.41, 5.74) is 4.19. The number of amides is 2. The first kappa shape index (κ1) is 21.8. The summed E-state index contributed by atoms with van der Waals surface area (Å²) in [6.07, 6.45) is 0.183. The SMILES string of the molecule is Cc1ccc(NC(=O)COC(=O)c2ccccc2NC(=O)Cc2ccccc2)cc1C. The van der Waals surface area contributed by atoms with Crippen LogP contribution in [0.15, 0.2) is 72.8 Å². The molecule has 6 nitrogen and oxygen atoms in total. The van der Waals surface area contributed by atoms with Gasteiger partial charge in [0.1, 0.15) is 0 Å². The number of ether oxygens (including phenoxy) is 1. The molecular weight excluding hydrogens is 392 g/mol. The molecular formula is C25H24N2O4. The molecule has 0 spiro atoms. The average molecular weight is 416 g/mol. The maximum Gasteiger partial charge on any atom is 0.340 e. The van der Waals surface area contributed by atoms with E-state index in [0.717, 1.165) is 16.7 Å². The Morgan fingerprint density at radius 3 is 2.23 bits per heavy atom. The van der Waals surface area contributed by atoms with E-state index < -0.39 is 18.5 Å². The largest absolute Gasteiger partial charge is 0.452 e. The van der Waals surface area contributed by atoms with Gasteiger partial charge in [-0.15, -0.1) is 0 Å². The van der Waals surface area contributed by atoms with Crippen LogP contribution in [-0.2, 0) is 20.7 Å². The summed E-state index contributed by atoms with van der Waals surface area (Å²) in [4.78, 5) is 37.0. The second-order valence-corrected chi connectivity index (χ2v) is 7.18. The molecule has 0 aliphatic heterocycles. The second-order valence-electron chi connectivity index (χ2n) is 7.18. The summed E-state index contributed by atoms with van der Waals surface area (Å²) >= 11 is 0. The smallest absolute Gasteiger partial charge is 0.340 e. The van der Waals surface area contributed by atoms with Gasteiger partial charge in [-0.3, -0.25) is 9.59 Å². The first-order valence-corrected chi connectivity index (χ1v) is 9.89. The van der Waals surface area contributed by atoms with Gasteiger partial charge in [0, 0.05) is 5.69 Å². The van der Waals surface area contributed by atoms with Crippen LogP contribution in [0.5, 0.6) is 0 Å². The predicted molar refractivity (Wildman–Crippen MR) is 120 cm³/mol. The summed E-state index contributed by atoms with van der Waals surface area (Å²) in [5.74, 6) is -1.38. The Labute approximate surface area is 181 Å². The fourth-order valence-corrected chi connectivity index (χ4v) is 2.97. The highest BCUT2D eigenvalue weighted by molar-refractivity contribution is 6.02. The zero-order valence-electron chi connectivity index (χ0n) is 17.5. The minimum atomic E-state index is -0.689. The highest BCUT2D eigenvalue weighted by Gasteiger charge is 2.16. The minimum Gasteiger partial charge on any atom is -0.452 e. The van der Waals surface area contributed by atoms with Crippen LogP contribution in [-0.4, -0.2) is 24.4 Å². The van der Waals surface area contributed by atoms with Crippen LogP contribution in [0, 0.1) is 13.8 Å². The molecule has 158 valence electrons. The topological polar surface area (TPSA) is 84.5 Å². The molecule has 0 heterocycles. The van der Waals surface area contributed by atoms with E-state index in [9.17, 15) is 14.4 Å². The van der Waals surface area contributed by atoms with Gasteiger partial charge in [0.25, 0.3) is 5.91 Å². The molecule has 0 unspecified atom stereocenters. The standard InChI is InChI=1S/C25H24N2O4/c1-17-12-13-20(14-18(17)2)26-24(29)16-31-25(30)21-10-6-7-11-22(21)27-23(28)15-19-8-4-3-5-9-19/h3-14H,15-16H2,1-2H3,(H,26,29)(H,27,28). The molecule has 0 bridgehead atoms. The van der Waals surface area contributed by atoms with E-state index in [0.29, 0.717) is 11.4 Å². The Morgan fingerprint density at radius 1 is 0.774 bits per heavy atom. The molecule has 3 aromatic carbocycles. The normalized spacial score (nSPS) is 10.3. The molecule has 0 fully saturated rings. The lowest BCUT2D eigenvalue weighted by Gasteiger charge is -2.11. The van der Waals surface area contributed by atoms with Crippen molar-refractivity contribution in [3.63, 3.8) is 0 Å². The van der Waals surface area contributed by atoms with Crippen LogP contribution in [0.25, 0.3) is 0 Å². The van der Waals surface area contributed by atoms with E-state index in [-0.39, 0.29) is 17.9 Å². The van der Waals surface area contributed by atoms with Crippen molar-refractivity contribution >= 4 is 29.2 Å². The van der Waals surface area contributed by atoms with E-state index in [4.69, 9.17) is 4.74 Å². The van der Waals surface area contributed by atoms with E-state index in [1.807, 2.05) is 56.3 Å². The molecule has 2 N–H and O–H groups in total. The zero-order chi connectivity index (χ0) is 22.2. The van der Waals surface area contributed by atoms with Gasteiger partial charge in [0.2, 0.25) is 5.91 Å². The quantitative estimate of drug-likeness (QED) is 0.563. The average Bonchev–Trinajstić information content (AvgIpc) is 2.75. The molecule has 6 heteroatoms. The van der Waals surface area contributed by atoms with Gasteiger partial charge in [-0.2, -0.15) is 0 Å². The molecule has 31 heavy (non-hydrogen) atoms. The summed E-state index contributed by atoms with van der Waals surface area (Å²) in [5, 5.41) is 5.44. The number of anilines is 2. The van der Waals surface area contributed by atoms with Crippen molar-refractivity contribution in [1.82, 2.24) is 0 Å². The number of para-hydroxylation sites is 1. The molecule has 3 rings (SSSR count). The Balaban J connectivity index is 1.58. The van der Waals surface area contributed by atoms with E-state index in [1.54, 1.807) is 30.3 Å². The van der Waals surface area contributed by atoms with Crippen molar-refractivity contribution in [1.29, 1.82) is 0 Å². The fraction of sp³-hybridized carbons (Fsp3) is 0.160. The Bertz CT molecular complexity index is 1090. The molecule has 0 saturated heterocycles. The summed E-state index contributed by atoms with van der Waals surface area (Å²) in [6, 6.07) is 21.4. The lowest BCUT2D eigenvalue weighted by molar-refractivity contribution is -0.119. The Kier molecular flexibility index (Phi) is 7.17. The van der Waals surface area contributed by atoms with Crippen LogP contribution in [0.4, 0.5) is 11.4 Å². The first-order chi connectivity index (χ1) is 14.9. The molecule has 0 atom stereocenters.